The minimum atomic E-state index is -0.288. The first kappa shape index (κ1) is 29.2. The normalized spacial score (nSPS) is 26.2. The summed E-state index contributed by atoms with van der Waals surface area (Å²) in [6, 6.07) is 16.3. The minimum absolute atomic E-state index is 0.0401. The Bertz CT molecular complexity index is 1260. The first-order valence-corrected chi connectivity index (χ1v) is 15.2. The van der Waals surface area contributed by atoms with Crippen molar-refractivity contribution in [2.45, 2.75) is 76.8 Å². The van der Waals surface area contributed by atoms with Gasteiger partial charge in [0.2, 0.25) is 0 Å². The van der Waals surface area contributed by atoms with E-state index in [1.165, 1.54) is 30.3 Å². The zero-order valence-electron chi connectivity index (χ0n) is 24.1. The van der Waals surface area contributed by atoms with E-state index in [0.717, 1.165) is 62.6 Å². The number of hydrogen-bond acceptors (Lipinski definition) is 4. The molecule has 0 spiro atoms. The van der Waals surface area contributed by atoms with E-state index in [4.69, 9.17) is 10.4 Å². The van der Waals surface area contributed by atoms with E-state index in [1.54, 1.807) is 12.1 Å². The summed E-state index contributed by atoms with van der Waals surface area (Å²) in [6.45, 7) is 2.62. The van der Waals surface area contributed by atoms with Gasteiger partial charge in [0.25, 0.3) is 0 Å². The van der Waals surface area contributed by atoms with E-state index in [0.29, 0.717) is 18.2 Å². The lowest BCUT2D eigenvalue weighted by molar-refractivity contribution is 0.129. The molecule has 3 aliphatic rings. The molecule has 2 aromatic rings. The van der Waals surface area contributed by atoms with Crippen molar-refractivity contribution in [2.24, 2.45) is 22.2 Å². The zero-order valence-corrected chi connectivity index (χ0v) is 24.1. The number of aliphatic hydroxyl groups is 1. The zero-order chi connectivity index (χ0) is 28.8. The first-order valence-electron chi connectivity index (χ1n) is 15.2. The fourth-order valence-corrected chi connectivity index (χ4v) is 7.31. The number of amides is 2. The molecule has 4 atom stereocenters. The van der Waals surface area contributed by atoms with E-state index in [1.807, 2.05) is 23.1 Å². The van der Waals surface area contributed by atoms with Gasteiger partial charge in [0.15, 0.2) is 0 Å². The molecule has 6 nitrogen and oxygen atoms in total. The predicted octanol–water partition coefficient (Wildman–Crippen LogP) is 7.38. The molecule has 2 fully saturated rings. The summed E-state index contributed by atoms with van der Waals surface area (Å²) in [4.78, 5) is 20.4. The summed E-state index contributed by atoms with van der Waals surface area (Å²) in [5.41, 5.74) is 3.90. The van der Waals surface area contributed by atoms with Crippen LogP contribution < -0.4 is 5.32 Å². The largest absolute Gasteiger partial charge is 0.395 e. The number of urea groups is 1. The van der Waals surface area contributed by atoms with Crippen LogP contribution in [0.5, 0.6) is 0 Å². The second-order valence-corrected chi connectivity index (χ2v) is 12.2. The highest BCUT2D eigenvalue weighted by Gasteiger charge is 2.47. The quantitative estimate of drug-likeness (QED) is 0.280. The maximum atomic E-state index is 13.7. The molecule has 0 saturated heterocycles. The number of hydrogen-bond donors (Lipinski definition) is 3. The van der Waals surface area contributed by atoms with Crippen LogP contribution in [0.15, 0.2) is 71.2 Å². The Morgan fingerprint density at radius 3 is 2.56 bits per heavy atom. The number of benzene rings is 2. The molecule has 7 heteroatoms. The fourth-order valence-electron chi connectivity index (χ4n) is 7.31. The molecule has 3 N–H and O–H groups in total. The number of rotatable bonds is 9. The fraction of sp³-hybridized carbons (Fsp3) is 0.500. The summed E-state index contributed by atoms with van der Waals surface area (Å²) in [5, 5.41) is 21.4. The van der Waals surface area contributed by atoms with Crippen LogP contribution in [0.1, 0.15) is 76.3 Å². The number of nitrogens with one attached hydrogen (secondary N) is 2. The molecular weight excluding hydrogens is 515 g/mol. The van der Waals surface area contributed by atoms with Crippen LogP contribution in [0.2, 0.25) is 0 Å². The highest BCUT2D eigenvalue weighted by Crippen LogP contribution is 2.56. The second-order valence-electron chi connectivity index (χ2n) is 12.2. The van der Waals surface area contributed by atoms with Gasteiger partial charge in [-0.2, -0.15) is 0 Å². The van der Waals surface area contributed by atoms with Gasteiger partial charge in [-0.15, -0.1) is 0 Å². The van der Waals surface area contributed by atoms with Crippen LogP contribution in [0, 0.1) is 28.5 Å². The van der Waals surface area contributed by atoms with E-state index in [9.17, 15) is 14.3 Å². The molecular formula is C34H43FN4O2. The SMILES string of the molecule is CC12CC(C=N)C(=Nc3ccc(F)cc3)C=C1CCC2CC(NC(=O)N(CCO)C1CCCCC1)c1ccccc1. The van der Waals surface area contributed by atoms with E-state index >= 15 is 0 Å². The topological polar surface area (TPSA) is 88.8 Å². The Hall–Kier alpha value is -3.32. The molecule has 218 valence electrons. The van der Waals surface area contributed by atoms with Crippen molar-refractivity contribution in [1.29, 1.82) is 5.41 Å². The maximum Gasteiger partial charge on any atom is 0.318 e. The van der Waals surface area contributed by atoms with Gasteiger partial charge >= 0.3 is 6.03 Å². The summed E-state index contributed by atoms with van der Waals surface area (Å²) in [5.74, 6) is -0.0791. The number of nitrogens with zero attached hydrogens (tertiary/aromatic N) is 2. The van der Waals surface area contributed by atoms with Crippen LogP contribution in [0.3, 0.4) is 0 Å². The van der Waals surface area contributed by atoms with Crippen molar-refractivity contribution in [1.82, 2.24) is 10.2 Å². The minimum Gasteiger partial charge on any atom is -0.395 e. The van der Waals surface area contributed by atoms with Gasteiger partial charge in [-0.1, -0.05) is 62.1 Å². The highest BCUT2D eigenvalue weighted by molar-refractivity contribution is 6.08. The number of aliphatic hydroxyl groups excluding tert-OH is 1. The van der Waals surface area contributed by atoms with Crippen molar-refractivity contribution in [3.8, 4) is 0 Å². The molecule has 2 saturated carbocycles. The molecule has 41 heavy (non-hydrogen) atoms. The van der Waals surface area contributed by atoms with Gasteiger partial charge in [-0.3, -0.25) is 4.99 Å². The van der Waals surface area contributed by atoms with Gasteiger partial charge in [-0.25, -0.2) is 9.18 Å². The summed E-state index contributed by atoms with van der Waals surface area (Å²) in [6.07, 6.45) is 12.7. The van der Waals surface area contributed by atoms with E-state index in [-0.39, 0.29) is 41.9 Å². The molecule has 0 radical (unpaired) electrons. The van der Waals surface area contributed by atoms with Crippen LogP contribution in [0.25, 0.3) is 0 Å². The molecule has 0 aromatic heterocycles. The Balaban J connectivity index is 1.38. The average Bonchev–Trinajstić information content (AvgIpc) is 3.31. The van der Waals surface area contributed by atoms with Gasteiger partial charge in [-0.05, 0) is 85.8 Å². The van der Waals surface area contributed by atoms with E-state index in [2.05, 4.69) is 30.4 Å². The first-order chi connectivity index (χ1) is 19.9. The summed E-state index contributed by atoms with van der Waals surface area (Å²) < 4.78 is 13.4. The van der Waals surface area contributed by atoms with Crippen LogP contribution in [-0.4, -0.2) is 47.2 Å². The summed E-state index contributed by atoms with van der Waals surface area (Å²) >= 11 is 0. The van der Waals surface area contributed by atoms with Gasteiger partial charge in [0, 0.05) is 30.4 Å². The lowest BCUT2D eigenvalue weighted by Crippen LogP contribution is -2.49. The Kier molecular flexibility index (Phi) is 9.33. The molecule has 2 amide bonds. The van der Waals surface area contributed by atoms with Crippen molar-refractivity contribution in [2.75, 3.05) is 13.2 Å². The third-order valence-corrected chi connectivity index (χ3v) is 9.67. The lowest BCUT2D eigenvalue weighted by atomic mass is 9.65. The van der Waals surface area contributed by atoms with Crippen molar-refractivity contribution < 1.29 is 14.3 Å². The van der Waals surface area contributed by atoms with Gasteiger partial charge < -0.3 is 20.7 Å². The van der Waals surface area contributed by atoms with Crippen molar-refractivity contribution in [3.63, 3.8) is 0 Å². The Morgan fingerprint density at radius 2 is 1.88 bits per heavy atom. The lowest BCUT2D eigenvalue weighted by Gasteiger charge is -2.41. The van der Waals surface area contributed by atoms with Crippen molar-refractivity contribution in [3.05, 3.63) is 77.6 Å². The predicted molar refractivity (Wildman–Crippen MR) is 162 cm³/mol. The van der Waals surface area contributed by atoms with Gasteiger partial charge in [0.05, 0.1) is 18.3 Å². The van der Waals surface area contributed by atoms with Gasteiger partial charge in [0.1, 0.15) is 5.82 Å². The van der Waals surface area contributed by atoms with Crippen LogP contribution in [-0.2, 0) is 0 Å². The molecule has 0 heterocycles. The number of carbonyl (C=O) groups excluding carboxylic acids is 1. The number of allylic oxidation sites excluding steroid dienone is 2. The van der Waals surface area contributed by atoms with Crippen LogP contribution >= 0.6 is 0 Å². The third-order valence-electron chi connectivity index (χ3n) is 9.67. The molecule has 5 rings (SSSR count). The Labute approximate surface area is 243 Å². The molecule has 3 aliphatic carbocycles. The number of carbonyl (C=O) groups is 1. The smallest absolute Gasteiger partial charge is 0.318 e. The van der Waals surface area contributed by atoms with E-state index < -0.39 is 0 Å². The monoisotopic (exact) mass is 558 g/mol. The number of halogens is 1. The standard InChI is InChI=1S/C34H43FN4O2/c1-34-22-25(23-36)32(37-29-16-14-28(35)15-17-29)21-27(34)13-12-26(34)20-31(24-8-4-2-5-9-24)38-33(41)39(18-19-40)30-10-6-3-7-11-30/h2,4-5,8-9,14-17,21,23,25-26,30-31,36,40H,3,6-7,10-13,18-20,22H2,1H3,(H,38,41). The Morgan fingerprint density at radius 1 is 1.15 bits per heavy atom. The number of fused-ring (bicyclic) bond motifs is 1. The molecule has 0 aliphatic heterocycles. The second kappa shape index (κ2) is 13.1. The summed E-state index contributed by atoms with van der Waals surface area (Å²) in [7, 11) is 0. The maximum absolute atomic E-state index is 13.7. The van der Waals surface area contributed by atoms with Crippen LogP contribution in [0.4, 0.5) is 14.9 Å². The van der Waals surface area contributed by atoms with Crippen molar-refractivity contribution >= 4 is 23.6 Å². The molecule has 0 bridgehead atoms. The third kappa shape index (κ3) is 6.61. The molecule has 4 unspecified atom stereocenters. The average molecular weight is 559 g/mol. The molecule has 2 aromatic carbocycles. The highest BCUT2D eigenvalue weighted by atomic mass is 19.1. The number of aliphatic imine (C=N–C) groups is 1.